The molecule has 2 aromatic carbocycles. The maximum atomic E-state index is 13.7. The van der Waals surface area contributed by atoms with E-state index in [9.17, 15) is 9.50 Å². The van der Waals surface area contributed by atoms with Gasteiger partial charge >= 0.3 is 0 Å². The van der Waals surface area contributed by atoms with Gasteiger partial charge in [-0.1, -0.05) is 43.3 Å². The van der Waals surface area contributed by atoms with Gasteiger partial charge in [0.05, 0.1) is 12.7 Å². The third kappa shape index (κ3) is 2.99. The van der Waals surface area contributed by atoms with Crippen LogP contribution in [0, 0.1) is 5.82 Å². The largest absolute Gasteiger partial charge is 0.494 e. The Balaban J connectivity index is 2.28. The molecule has 0 bridgehead atoms. The predicted octanol–water partition coefficient (Wildman–Crippen LogP) is 3.67. The summed E-state index contributed by atoms with van der Waals surface area (Å²) in [7, 11) is 1.43. The van der Waals surface area contributed by atoms with E-state index in [-0.39, 0.29) is 5.75 Å². The minimum absolute atomic E-state index is 0.216. The van der Waals surface area contributed by atoms with Crippen LogP contribution in [0.4, 0.5) is 4.39 Å². The molecule has 2 aromatic rings. The lowest BCUT2D eigenvalue weighted by Gasteiger charge is -2.27. The molecule has 1 atom stereocenters. The maximum absolute atomic E-state index is 13.7. The fraction of sp³-hybridized carbons (Fsp3) is 0.294. The molecule has 0 fully saturated rings. The third-order valence-corrected chi connectivity index (χ3v) is 3.61. The quantitative estimate of drug-likeness (QED) is 0.901. The summed E-state index contributed by atoms with van der Waals surface area (Å²) in [5.74, 6) is -0.190. The van der Waals surface area contributed by atoms with Gasteiger partial charge in [-0.05, 0) is 29.7 Å². The van der Waals surface area contributed by atoms with Crippen molar-refractivity contribution in [3.63, 3.8) is 0 Å². The normalized spacial score (nSPS) is 13.8. The van der Waals surface area contributed by atoms with Crippen molar-refractivity contribution in [3.05, 3.63) is 65.5 Å². The Hall–Kier alpha value is -1.87. The lowest BCUT2D eigenvalue weighted by molar-refractivity contribution is 0.0326. The van der Waals surface area contributed by atoms with Crippen molar-refractivity contribution >= 4 is 0 Å². The number of halogens is 1. The van der Waals surface area contributed by atoms with Crippen LogP contribution >= 0.6 is 0 Å². The summed E-state index contributed by atoms with van der Waals surface area (Å²) in [6.07, 6.45) is 0.930. The topological polar surface area (TPSA) is 29.5 Å². The first-order valence-corrected chi connectivity index (χ1v) is 6.69. The van der Waals surface area contributed by atoms with E-state index in [0.29, 0.717) is 12.8 Å². The SMILES string of the molecule is CCC(O)(Cc1ccc(OC)c(F)c1)c1ccccc1. The van der Waals surface area contributed by atoms with Crippen LogP contribution in [0.3, 0.4) is 0 Å². The molecule has 0 amide bonds. The van der Waals surface area contributed by atoms with Gasteiger partial charge in [-0.2, -0.15) is 0 Å². The van der Waals surface area contributed by atoms with Crippen LogP contribution in [0.15, 0.2) is 48.5 Å². The molecule has 2 nitrogen and oxygen atoms in total. The Morgan fingerprint density at radius 3 is 2.40 bits per heavy atom. The van der Waals surface area contributed by atoms with Crippen molar-refractivity contribution in [2.24, 2.45) is 0 Å². The van der Waals surface area contributed by atoms with Crippen LogP contribution in [0.2, 0.25) is 0 Å². The molecule has 0 saturated heterocycles. The van der Waals surface area contributed by atoms with Gasteiger partial charge in [0.2, 0.25) is 0 Å². The van der Waals surface area contributed by atoms with Gasteiger partial charge in [0, 0.05) is 6.42 Å². The Bertz CT molecular complexity index is 568. The van der Waals surface area contributed by atoms with Crippen LogP contribution in [0.1, 0.15) is 24.5 Å². The molecule has 0 saturated carbocycles. The molecule has 0 aliphatic carbocycles. The second-order valence-corrected chi connectivity index (χ2v) is 4.90. The molecule has 0 radical (unpaired) electrons. The predicted molar refractivity (Wildman–Crippen MR) is 77.3 cm³/mol. The van der Waals surface area contributed by atoms with Gasteiger partial charge in [0.1, 0.15) is 0 Å². The fourth-order valence-corrected chi connectivity index (χ4v) is 2.34. The number of ether oxygens (including phenoxy) is 1. The van der Waals surface area contributed by atoms with Crippen molar-refractivity contribution in [2.75, 3.05) is 7.11 Å². The van der Waals surface area contributed by atoms with Crippen molar-refractivity contribution < 1.29 is 14.2 Å². The van der Waals surface area contributed by atoms with E-state index in [0.717, 1.165) is 11.1 Å². The summed E-state index contributed by atoms with van der Waals surface area (Å²) in [5.41, 5.74) is 0.609. The fourth-order valence-electron chi connectivity index (χ4n) is 2.34. The van der Waals surface area contributed by atoms with Gasteiger partial charge in [0.15, 0.2) is 11.6 Å². The highest BCUT2D eigenvalue weighted by Crippen LogP contribution is 2.30. The first-order valence-electron chi connectivity index (χ1n) is 6.69. The average molecular weight is 274 g/mol. The van der Waals surface area contributed by atoms with Crippen LogP contribution < -0.4 is 4.74 Å². The zero-order chi connectivity index (χ0) is 14.6. The molecule has 0 aliphatic heterocycles. The first kappa shape index (κ1) is 14.5. The highest BCUT2D eigenvalue weighted by Gasteiger charge is 2.27. The van der Waals surface area contributed by atoms with E-state index >= 15 is 0 Å². The molecule has 20 heavy (non-hydrogen) atoms. The smallest absolute Gasteiger partial charge is 0.165 e. The van der Waals surface area contributed by atoms with Gasteiger partial charge < -0.3 is 9.84 Å². The minimum atomic E-state index is -0.984. The standard InChI is InChI=1S/C17H19FO2/c1-3-17(19,14-7-5-4-6-8-14)12-13-9-10-16(20-2)15(18)11-13/h4-11,19H,3,12H2,1-2H3. The zero-order valence-corrected chi connectivity index (χ0v) is 11.8. The summed E-state index contributed by atoms with van der Waals surface area (Å²) in [6, 6.07) is 14.3. The summed E-state index contributed by atoms with van der Waals surface area (Å²) in [4.78, 5) is 0. The highest BCUT2D eigenvalue weighted by molar-refractivity contribution is 5.32. The van der Waals surface area contributed by atoms with Crippen molar-refractivity contribution in [3.8, 4) is 5.75 Å². The second kappa shape index (κ2) is 6.06. The Labute approximate surface area is 118 Å². The Morgan fingerprint density at radius 2 is 1.85 bits per heavy atom. The van der Waals surface area contributed by atoms with Crippen molar-refractivity contribution in [1.82, 2.24) is 0 Å². The van der Waals surface area contributed by atoms with Gasteiger partial charge in [-0.25, -0.2) is 4.39 Å². The molecule has 0 aliphatic rings. The number of hydrogen-bond donors (Lipinski definition) is 1. The van der Waals surface area contributed by atoms with Gasteiger partial charge in [-0.3, -0.25) is 0 Å². The van der Waals surface area contributed by atoms with Crippen LogP contribution in [0.5, 0.6) is 5.75 Å². The molecule has 1 unspecified atom stereocenters. The first-order chi connectivity index (χ1) is 9.59. The second-order valence-electron chi connectivity index (χ2n) is 4.90. The summed E-state index contributed by atoms with van der Waals surface area (Å²) < 4.78 is 18.6. The van der Waals surface area contributed by atoms with Gasteiger partial charge in [-0.15, -0.1) is 0 Å². The molecule has 1 N–H and O–H groups in total. The van der Waals surface area contributed by atoms with E-state index in [1.165, 1.54) is 13.2 Å². The number of benzene rings is 2. The molecule has 106 valence electrons. The summed E-state index contributed by atoms with van der Waals surface area (Å²) in [5, 5.41) is 10.8. The van der Waals surface area contributed by atoms with E-state index in [1.807, 2.05) is 37.3 Å². The molecule has 3 heteroatoms. The number of rotatable bonds is 5. The Morgan fingerprint density at radius 1 is 1.15 bits per heavy atom. The van der Waals surface area contributed by atoms with E-state index < -0.39 is 11.4 Å². The number of hydrogen-bond acceptors (Lipinski definition) is 2. The maximum Gasteiger partial charge on any atom is 0.165 e. The molecule has 2 rings (SSSR count). The molecule has 0 heterocycles. The third-order valence-electron chi connectivity index (χ3n) is 3.61. The molecule has 0 spiro atoms. The van der Waals surface area contributed by atoms with Crippen LogP contribution in [0.25, 0.3) is 0 Å². The lowest BCUT2D eigenvalue weighted by Crippen LogP contribution is -2.27. The van der Waals surface area contributed by atoms with E-state index in [2.05, 4.69) is 0 Å². The number of methoxy groups -OCH3 is 1. The van der Waals surface area contributed by atoms with Crippen LogP contribution in [-0.2, 0) is 12.0 Å². The molecule has 0 aromatic heterocycles. The van der Waals surface area contributed by atoms with Crippen molar-refractivity contribution in [2.45, 2.75) is 25.4 Å². The van der Waals surface area contributed by atoms with Crippen molar-refractivity contribution in [1.29, 1.82) is 0 Å². The Kier molecular flexibility index (Phi) is 4.40. The lowest BCUT2D eigenvalue weighted by atomic mass is 9.85. The van der Waals surface area contributed by atoms with Crippen LogP contribution in [-0.4, -0.2) is 12.2 Å². The highest BCUT2D eigenvalue weighted by atomic mass is 19.1. The average Bonchev–Trinajstić information content (AvgIpc) is 2.48. The minimum Gasteiger partial charge on any atom is -0.494 e. The molecular formula is C17H19FO2. The summed E-state index contributed by atoms with van der Waals surface area (Å²) >= 11 is 0. The molecular weight excluding hydrogens is 255 g/mol. The van der Waals surface area contributed by atoms with E-state index in [4.69, 9.17) is 4.74 Å². The number of aliphatic hydroxyl groups is 1. The monoisotopic (exact) mass is 274 g/mol. The zero-order valence-electron chi connectivity index (χ0n) is 11.8. The van der Waals surface area contributed by atoms with E-state index in [1.54, 1.807) is 12.1 Å². The summed E-state index contributed by atoms with van der Waals surface area (Å²) in [6.45, 7) is 1.92. The van der Waals surface area contributed by atoms with Gasteiger partial charge in [0.25, 0.3) is 0 Å².